The Bertz CT molecular complexity index is 589. The zero-order valence-corrected chi connectivity index (χ0v) is 23.7. The van der Waals surface area contributed by atoms with Gasteiger partial charge < -0.3 is 0 Å². The second kappa shape index (κ2) is 16.6. The topological polar surface area (TPSA) is 0 Å². The van der Waals surface area contributed by atoms with E-state index < -0.39 is 0 Å². The van der Waals surface area contributed by atoms with Crippen LogP contribution in [0.25, 0.3) is 0 Å². The fourth-order valence-corrected chi connectivity index (χ4v) is 5.31. The van der Waals surface area contributed by atoms with E-state index in [0.717, 1.165) is 17.8 Å². The molecule has 0 N–H and O–H groups in total. The van der Waals surface area contributed by atoms with Crippen LogP contribution in [0.2, 0.25) is 0 Å². The first-order valence-corrected chi connectivity index (χ1v) is 13.6. The summed E-state index contributed by atoms with van der Waals surface area (Å²) in [5.41, 5.74) is 2.91. The summed E-state index contributed by atoms with van der Waals surface area (Å²) in [6, 6.07) is 0. The molecule has 0 aliphatic heterocycles. The quantitative estimate of drug-likeness (QED) is 0.165. The monoisotopic (exact) mass is 442 g/mol. The van der Waals surface area contributed by atoms with Crippen LogP contribution in [0.15, 0.2) is 48.1 Å². The molecule has 0 saturated heterocycles. The molecule has 0 spiro atoms. The van der Waals surface area contributed by atoms with E-state index in [4.69, 9.17) is 0 Å². The van der Waals surface area contributed by atoms with Crippen molar-refractivity contribution in [2.75, 3.05) is 0 Å². The van der Waals surface area contributed by atoms with Gasteiger partial charge in [0.2, 0.25) is 0 Å². The summed E-state index contributed by atoms with van der Waals surface area (Å²) < 4.78 is 0. The van der Waals surface area contributed by atoms with Crippen LogP contribution in [-0.4, -0.2) is 0 Å². The SMILES string of the molecule is C=C(C)C(CC)C(C)CC(C)C=CC=CCC(C)C(C)C(C)C(C)CC(C)=CC(C)CC. The van der Waals surface area contributed by atoms with E-state index in [9.17, 15) is 0 Å². The molecule has 0 aromatic heterocycles. The lowest BCUT2D eigenvalue weighted by Gasteiger charge is -2.30. The van der Waals surface area contributed by atoms with E-state index >= 15 is 0 Å². The van der Waals surface area contributed by atoms with Crippen molar-refractivity contribution in [1.29, 1.82) is 0 Å². The van der Waals surface area contributed by atoms with E-state index in [1.165, 1.54) is 37.7 Å². The van der Waals surface area contributed by atoms with Crippen LogP contribution < -0.4 is 0 Å². The Balaban J connectivity index is 4.56. The van der Waals surface area contributed by atoms with Crippen molar-refractivity contribution in [3.05, 3.63) is 48.1 Å². The Morgan fingerprint density at radius 1 is 0.750 bits per heavy atom. The summed E-state index contributed by atoms with van der Waals surface area (Å²) in [7, 11) is 0. The standard InChI is InChI=1S/C32H58/c1-13-24(5)20-26(7)22-28(9)31(12)30(11)27(8)19-17-15-16-18-25(6)21-29(10)32(14-2)23(3)4/h15-18,20,24-25,27-32H,3,13-14,19,21-22H2,1-2,4-12H3. The molecule has 8 unspecified atom stereocenters. The molecule has 8 atom stereocenters. The lowest BCUT2D eigenvalue weighted by Crippen LogP contribution is -2.22. The highest BCUT2D eigenvalue weighted by atomic mass is 14.3. The minimum absolute atomic E-state index is 0.618. The molecule has 0 radical (unpaired) electrons. The van der Waals surface area contributed by atoms with Gasteiger partial charge in [0.25, 0.3) is 0 Å². The molecule has 0 aliphatic rings. The van der Waals surface area contributed by atoms with Gasteiger partial charge in [-0.1, -0.05) is 117 Å². The Hall–Kier alpha value is -1.04. The van der Waals surface area contributed by atoms with E-state index in [0.29, 0.717) is 29.6 Å². The number of hydrogen-bond acceptors (Lipinski definition) is 0. The highest BCUT2D eigenvalue weighted by molar-refractivity contribution is 5.06. The molecule has 186 valence electrons. The van der Waals surface area contributed by atoms with Crippen molar-refractivity contribution in [3.63, 3.8) is 0 Å². The predicted molar refractivity (Wildman–Crippen MR) is 149 cm³/mol. The van der Waals surface area contributed by atoms with Crippen molar-refractivity contribution in [1.82, 2.24) is 0 Å². The second-order valence-corrected chi connectivity index (χ2v) is 11.4. The molecule has 0 fully saturated rings. The maximum absolute atomic E-state index is 4.19. The highest BCUT2D eigenvalue weighted by Crippen LogP contribution is 2.32. The molecule has 0 heterocycles. The molecule has 0 heteroatoms. The average Bonchev–Trinajstić information content (AvgIpc) is 2.71. The Kier molecular flexibility index (Phi) is 16.0. The van der Waals surface area contributed by atoms with Crippen LogP contribution in [0.4, 0.5) is 0 Å². The molecule has 0 aromatic rings. The van der Waals surface area contributed by atoms with Crippen molar-refractivity contribution < 1.29 is 0 Å². The molecule has 0 aromatic carbocycles. The molecular formula is C32H58. The molecular weight excluding hydrogens is 384 g/mol. The maximum Gasteiger partial charge on any atom is -0.0185 e. The normalized spacial score (nSPS) is 20.7. The second-order valence-electron chi connectivity index (χ2n) is 11.4. The van der Waals surface area contributed by atoms with Crippen LogP contribution in [0, 0.1) is 47.3 Å². The lowest BCUT2D eigenvalue weighted by atomic mass is 9.75. The van der Waals surface area contributed by atoms with Gasteiger partial charge in [-0.05, 0) is 86.9 Å². The van der Waals surface area contributed by atoms with Gasteiger partial charge >= 0.3 is 0 Å². The van der Waals surface area contributed by atoms with Crippen molar-refractivity contribution >= 4 is 0 Å². The molecule has 0 rings (SSSR count). The molecule has 0 amide bonds. The molecule has 0 aliphatic carbocycles. The Morgan fingerprint density at radius 3 is 1.88 bits per heavy atom. The van der Waals surface area contributed by atoms with Gasteiger partial charge in [-0.2, -0.15) is 0 Å². The summed E-state index contributed by atoms with van der Waals surface area (Å²) >= 11 is 0. The largest absolute Gasteiger partial charge is 0.0999 e. The molecule has 32 heavy (non-hydrogen) atoms. The van der Waals surface area contributed by atoms with Crippen LogP contribution in [0.3, 0.4) is 0 Å². The summed E-state index contributed by atoms with van der Waals surface area (Å²) in [5, 5.41) is 0. The summed E-state index contributed by atoms with van der Waals surface area (Å²) in [6.07, 6.45) is 17.9. The summed E-state index contributed by atoms with van der Waals surface area (Å²) in [4.78, 5) is 0. The van der Waals surface area contributed by atoms with Gasteiger partial charge in [0, 0.05) is 0 Å². The highest BCUT2D eigenvalue weighted by Gasteiger charge is 2.23. The zero-order chi connectivity index (χ0) is 24.8. The van der Waals surface area contributed by atoms with Gasteiger partial charge in [-0.15, -0.1) is 0 Å². The fraction of sp³-hybridized carbons (Fsp3) is 0.750. The third-order valence-electron chi connectivity index (χ3n) is 8.18. The van der Waals surface area contributed by atoms with Gasteiger partial charge in [0.15, 0.2) is 0 Å². The van der Waals surface area contributed by atoms with Gasteiger partial charge in [-0.3, -0.25) is 0 Å². The van der Waals surface area contributed by atoms with Gasteiger partial charge in [0.1, 0.15) is 0 Å². The Morgan fingerprint density at radius 2 is 1.34 bits per heavy atom. The maximum atomic E-state index is 4.19. The first-order valence-electron chi connectivity index (χ1n) is 13.6. The zero-order valence-electron chi connectivity index (χ0n) is 23.7. The van der Waals surface area contributed by atoms with Crippen LogP contribution in [-0.2, 0) is 0 Å². The minimum atomic E-state index is 0.618. The van der Waals surface area contributed by atoms with E-state index in [1.807, 2.05) is 0 Å². The number of rotatable bonds is 16. The first kappa shape index (κ1) is 31.0. The number of hydrogen-bond donors (Lipinski definition) is 0. The van der Waals surface area contributed by atoms with Crippen LogP contribution >= 0.6 is 0 Å². The average molecular weight is 443 g/mol. The third kappa shape index (κ3) is 12.3. The van der Waals surface area contributed by atoms with E-state index in [1.54, 1.807) is 5.57 Å². The smallest absolute Gasteiger partial charge is 0.0185 e. The molecule has 0 bridgehead atoms. The lowest BCUT2D eigenvalue weighted by molar-refractivity contribution is 0.212. The third-order valence-corrected chi connectivity index (χ3v) is 8.18. The fourth-order valence-electron chi connectivity index (χ4n) is 5.31. The van der Waals surface area contributed by atoms with Crippen molar-refractivity contribution in [3.8, 4) is 0 Å². The van der Waals surface area contributed by atoms with Gasteiger partial charge in [0.05, 0.1) is 0 Å². The molecule has 0 saturated carbocycles. The van der Waals surface area contributed by atoms with Crippen LogP contribution in [0.5, 0.6) is 0 Å². The minimum Gasteiger partial charge on any atom is -0.0999 e. The van der Waals surface area contributed by atoms with E-state index in [2.05, 4.69) is 113 Å². The summed E-state index contributed by atoms with van der Waals surface area (Å²) in [5.74, 6) is 5.62. The van der Waals surface area contributed by atoms with E-state index in [-0.39, 0.29) is 0 Å². The van der Waals surface area contributed by atoms with Crippen molar-refractivity contribution in [2.45, 2.75) is 108 Å². The molecule has 0 nitrogen and oxygen atoms in total. The Labute approximate surface area is 203 Å². The number of allylic oxidation sites excluding steroid dienone is 7. The predicted octanol–water partition coefficient (Wildman–Crippen LogP) is 10.7. The van der Waals surface area contributed by atoms with Crippen LogP contribution in [0.1, 0.15) is 108 Å². The van der Waals surface area contributed by atoms with Gasteiger partial charge in [-0.25, -0.2) is 0 Å². The first-order chi connectivity index (χ1) is 14.9. The van der Waals surface area contributed by atoms with Crippen molar-refractivity contribution in [2.24, 2.45) is 47.3 Å². The summed E-state index contributed by atoms with van der Waals surface area (Å²) in [6.45, 7) is 30.1.